The topological polar surface area (TPSA) is 20.3 Å². The molecule has 15 heavy (non-hydrogen) atoms. The quantitative estimate of drug-likeness (QED) is 0.591. The Morgan fingerprint density at radius 2 is 1.60 bits per heavy atom. The number of hydrogen-bond acceptors (Lipinski definition) is 1. The molecule has 2 nitrogen and oxygen atoms in total. The van der Waals surface area contributed by atoms with Crippen molar-refractivity contribution in [1.29, 1.82) is 0 Å². The molecule has 88 valence electrons. The molecule has 0 atom stereocenters. The van der Waals surface area contributed by atoms with Crippen LogP contribution in [0.5, 0.6) is 0 Å². The van der Waals surface area contributed by atoms with E-state index >= 15 is 0 Å². The highest BCUT2D eigenvalue weighted by Gasteiger charge is 2.16. The van der Waals surface area contributed by atoms with Gasteiger partial charge < -0.3 is 4.90 Å². The maximum Gasteiger partial charge on any atom is 0.222 e. The summed E-state index contributed by atoms with van der Waals surface area (Å²) in [6.45, 7) is 4.25. The Morgan fingerprint density at radius 3 is 2.27 bits per heavy atom. The first kappa shape index (κ1) is 12.5. The van der Waals surface area contributed by atoms with Crippen molar-refractivity contribution in [2.75, 3.05) is 13.1 Å². The van der Waals surface area contributed by atoms with Gasteiger partial charge in [-0.05, 0) is 19.3 Å². The maximum absolute atomic E-state index is 11.7. The van der Waals surface area contributed by atoms with Gasteiger partial charge in [0.15, 0.2) is 0 Å². The summed E-state index contributed by atoms with van der Waals surface area (Å²) in [7, 11) is 0. The van der Waals surface area contributed by atoms with E-state index in [1.165, 1.54) is 44.9 Å². The van der Waals surface area contributed by atoms with Gasteiger partial charge in [0, 0.05) is 19.5 Å². The lowest BCUT2D eigenvalue weighted by atomic mass is 10.1. The van der Waals surface area contributed by atoms with Crippen molar-refractivity contribution in [2.24, 2.45) is 0 Å². The Kier molecular flexibility index (Phi) is 6.45. The first-order chi connectivity index (χ1) is 7.34. The second kappa shape index (κ2) is 7.72. The molecule has 2 heteroatoms. The van der Waals surface area contributed by atoms with Gasteiger partial charge in [-0.3, -0.25) is 4.79 Å². The molecule has 0 aromatic rings. The van der Waals surface area contributed by atoms with Crippen LogP contribution in [0.3, 0.4) is 0 Å². The second-order valence-electron chi connectivity index (χ2n) is 4.61. The molecule has 0 saturated carbocycles. The van der Waals surface area contributed by atoms with Gasteiger partial charge >= 0.3 is 0 Å². The van der Waals surface area contributed by atoms with Crippen LogP contribution in [0.1, 0.15) is 64.7 Å². The lowest BCUT2D eigenvalue weighted by molar-refractivity contribution is -0.130. The van der Waals surface area contributed by atoms with Crippen LogP contribution in [0.25, 0.3) is 0 Å². The first-order valence-electron chi connectivity index (χ1n) is 6.62. The molecule has 0 spiro atoms. The molecule has 0 aliphatic carbocycles. The van der Waals surface area contributed by atoms with Crippen LogP contribution in [-0.2, 0) is 4.79 Å². The zero-order valence-electron chi connectivity index (χ0n) is 10.1. The molecule has 1 fully saturated rings. The van der Waals surface area contributed by atoms with E-state index in [0.29, 0.717) is 5.91 Å². The van der Waals surface area contributed by atoms with Gasteiger partial charge in [-0.1, -0.05) is 39.0 Å². The number of amides is 1. The normalized spacial score (nSPS) is 15.9. The fraction of sp³-hybridized carbons (Fsp3) is 0.923. The standard InChI is InChI=1S/C13H25NO/c1-2-3-4-5-6-7-10-13(15)14-11-8-9-12-14/h2-12H2,1H3. The number of likely N-dealkylation sites (tertiary alicyclic amines) is 1. The van der Waals surface area contributed by atoms with Crippen LogP contribution in [0, 0.1) is 0 Å². The largest absolute Gasteiger partial charge is 0.343 e. The van der Waals surface area contributed by atoms with Gasteiger partial charge in [0.25, 0.3) is 0 Å². The van der Waals surface area contributed by atoms with Gasteiger partial charge in [0.05, 0.1) is 0 Å². The molecule has 0 unspecified atom stereocenters. The van der Waals surface area contributed by atoms with Crippen LogP contribution in [0.15, 0.2) is 0 Å². The van der Waals surface area contributed by atoms with Crippen LogP contribution in [0.2, 0.25) is 0 Å². The number of hydrogen-bond donors (Lipinski definition) is 0. The Balaban J connectivity index is 1.92. The van der Waals surface area contributed by atoms with Crippen molar-refractivity contribution in [3.8, 4) is 0 Å². The third-order valence-corrected chi connectivity index (χ3v) is 3.20. The van der Waals surface area contributed by atoms with Crippen LogP contribution in [0.4, 0.5) is 0 Å². The number of rotatable bonds is 7. The molecule has 0 bridgehead atoms. The van der Waals surface area contributed by atoms with Crippen molar-refractivity contribution in [3.05, 3.63) is 0 Å². The molecule has 1 saturated heterocycles. The number of carbonyl (C=O) groups excluding carboxylic acids is 1. The first-order valence-corrected chi connectivity index (χ1v) is 6.62. The molecule has 1 aliphatic heterocycles. The predicted octanol–water partition coefficient (Wildman–Crippen LogP) is 3.36. The molecule has 1 heterocycles. The predicted molar refractivity (Wildman–Crippen MR) is 63.8 cm³/mol. The van der Waals surface area contributed by atoms with E-state index in [4.69, 9.17) is 0 Å². The van der Waals surface area contributed by atoms with Crippen LogP contribution in [-0.4, -0.2) is 23.9 Å². The van der Waals surface area contributed by atoms with Crippen molar-refractivity contribution < 1.29 is 4.79 Å². The van der Waals surface area contributed by atoms with E-state index in [0.717, 1.165) is 25.9 Å². The maximum atomic E-state index is 11.7. The highest BCUT2D eigenvalue weighted by molar-refractivity contribution is 5.76. The minimum absolute atomic E-state index is 0.392. The van der Waals surface area contributed by atoms with Gasteiger partial charge in [-0.25, -0.2) is 0 Å². The summed E-state index contributed by atoms with van der Waals surface area (Å²) >= 11 is 0. The van der Waals surface area contributed by atoms with Gasteiger partial charge in [0.1, 0.15) is 0 Å². The molecular weight excluding hydrogens is 186 g/mol. The number of carbonyl (C=O) groups is 1. The van der Waals surface area contributed by atoms with Gasteiger partial charge in [-0.15, -0.1) is 0 Å². The molecule has 0 aromatic heterocycles. The zero-order valence-corrected chi connectivity index (χ0v) is 10.1. The summed E-state index contributed by atoms with van der Waals surface area (Å²) in [5, 5.41) is 0. The minimum atomic E-state index is 0.392. The molecule has 0 radical (unpaired) electrons. The van der Waals surface area contributed by atoms with E-state index in [2.05, 4.69) is 6.92 Å². The molecule has 0 aromatic carbocycles. The summed E-state index contributed by atoms with van der Waals surface area (Å²) in [6.07, 6.45) is 10.8. The Bertz CT molecular complexity index is 173. The molecule has 1 aliphatic rings. The van der Waals surface area contributed by atoms with Crippen molar-refractivity contribution in [2.45, 2.75) is 64.7 Å². The monoisotopic (exact) mass is 211 g/mol. The zero-order chi connectivity index (χ0) is 10.9. The van der Waals surface area contributed by atoms with E-state index in [-0.39, 0.29) is 0 Å². The Labute approximate surface area is 94.0 Å². The minimum Gasteiger partial charge on any atom is -0.343 e. The summed E-state index contributed by atoms with van der Waals surface area (Å²) in [5.41, 5.74) is 0. The van der Waals surface area contributed by atoms with Gasteiger partial charge in [-0.2, -0.15) is 0 Å². The number of nitrogens with zero attached hydrogens (tertiary/aromatic N) is 1. The molecular formula is C13H25NO. The van der Waals surface area contributed by atoms with Crippen LogP contribution >= 0.6 is 0 Å². The summed E-state index contributed by atoms with van der Waals surface area (Å²) in [6, 6.07) is 0. The average molecular weight is 211 g/mol. The highest BCUT2D eigenvalue weighted by Crippen LogP contribution is 2.12. The van der Waals surface area contributed by atoms with E-state index in [9.17, 15) is 4.79 Å². The SMILES string of the molecule is CCCCCCCCC(=O)N1CCCC1. The number of unbranched alkanes of at least 4 members (excludes halogenated alkanes) is 5. The molecule has 0 N–H and O–H groups in total. The average Bonchev–Trinajstić information content (AvgIpc) is 2.76. The highest BCUT2D eigenvalue weighted by atomic mass is 16.2. The van der Waals surface area contributed by atoms with E-state index in [1.807, 2.05) is 4.90 Å². The van der Waals surface area contributed by atoms with Crippen molar-refractivity contribution >= 4 is 5.91 Å². The summed E-state index contributed by atoms with van der Waals surface area (Å²) in [5.74, 6) is 0.392. The summed E-state index contributed by atoms with van der Waals surface area (Å²) < 4.78 is 0. The second-order valence-corrected chi connectivity index (χ2v) is 4.61. The third kappa shape index (κ3) is 5.19. The van der Waals surface area contributed by atoms with Gasteiger partial charge in [0.2, 0.25) is 5.91 Å². The summed E-state index contributed by atoms with van der Waals surface area (Å²) in [4.78, 5) is 13.7. The molecule has 1 amide bonds. The Morgan fingerprint density at radius 1 is 1.00 bits per heavy atom. The fourth-order valence-corrected chi connectivity index (χ4v) is 2.18. The fourth-order valence-electron chi connectivity index (χ4n) is 2.18. The molecule has 1 rings (SSSR count). The lowest BCUT2D eigenvalue weighted by Crippen LogP contribution is -2.27. The van der Waals surface area contributed by atoms with Crippen molar-refractivity contribution in [1.82, 2.24) is 4.90 Å². The van der Waals surface area contributed by atoms with E-state index in [1.54, 1.807) is 0 Å². The smallest absolute Gasteiger partial charge is 0.222 e. The Hall–Kier alpha value is -0.530. The van der Waals surface area contributed by atoms with Crippen molar-refractivity contribution in [3.63, 3.8) is 0 Å². The van der Waals surface area contributed by atoms with E-state index < -0.39 is 0 Å². The third-order valence-electron chi connectivity index (χ3n) is 3.20. The van der Waals surface area contributed by atoms with Crippen LogP contribution < -0.4 is 0 Å². The lowest BCUT2D eigenvalue weighted by Gasteiger charge is -2.14.